The van der Waals surface area contributed by atoms with Crippen molar-refractivity contribution in [3.05, 3.63) is 35.4 Å². The average Bonchev–Trinajstić information content (AvgIpc) is 3.23. The molecule has 1 saturated carbocycles. The van der Waals surface area contributed by atoms with Crippen LogP contribution in [0.5, 0.6) is 0 Å². The van der Waals surface area contributed by atoms with Crippen molar-refractivity contribution >= 4 is 11.9 Å². The maximum atomic E-state index is 12.3. The van der Waals surface area contributed by atoms with Gasteiger partial charge in [0.1, 0.15) is 0 Å². The van der Waals surface area contributed by atoms with E-state index in [1.807, 2.05) is 6.07 Å². The molecule has 1 aromatic carbocycles. The molecule has 98 valence electrons. The fourth-order valence-corrected chi connectivity index (χ4v) is 1.91. The van der Waals surface area contributed by atoms with Crippen LogP contribution in [0.2, 0.25) is 0 Å². The largest absolute Gasteiger partial charge is 0.481 e. The number of carboxylic acid groups (broad SMARTS) is 1. The second kappa shape index (κ2) is 5.53. The van der Waals surface area contributed by atoms with E-state index >= 15 is 0 Å². The minimum atomic E-state index is -0.904. The number of benzene rings is 1. The topological polar surface area (TPSA) is 81.4 Å². The number of aliphatic carboxylic acids is 1. The summed E-state index contributed by atoms with van der Waals surface area (Å²) < 4.78 is 0. The van der Waals surface area contributed by atoms with Gasteiger partial charge in [-0.25, -0.2) is 0 Å². The Balaban J connectivity index is 2.09. The smallest absolute Gasteiger partial charge is 0.305 e. The highest BCUT2D eigenvalue weighted by Gasteiger charge is 2.33. The summed E-state index contributed by atoms with van der Waals surface area (Å²) in [6.45, 7) is 0.235. The van der Waals surface area contributed by atoms with E-state index < -0.39 is 5.97 Å². The van der Waals surface area contributed by atoms with Crippen LogP contribution in [-0.4, -0.2) is 34.5 Å². The molecule has 5 heteroatoms. The maximum Gasteiger partial charge on any atom is 0.305 e. The zero-order chi connectivity index (χ0) is 13.8. The molecular formula is C14H14N2O3. The lowest BCUT2D eigenvalue weighted by atomic mass is 10.1. The Morgan fingerprint density at radius 1 is 1.32 bits per heavy atom. The van der Waals surface area contributed by atoms with E-state index in [0.717, 1.165) is 12.8 Å². The summed E-state index contributed by atoms with van der Waals surface area (Å²) in [6.07, 6.45) is 1.82. The third kappa shape index (κ3) is 3.32. The van der Waals surface area contributed by atoms with Gasteiger partial charge in [-0.3, -0.25) is 9.59 Å². The van der Waals surface area contributed by atoms with Gasteiger partial charge in [0, 0.05) is 18.2 Å². The second-order valence-corrected chi connectivity index (χ2v) is 4.56. The van der Waals surface area contributed by atoms with Crippen LogP contribution in [0.1, 0.15) is 35.2 Å². The predicted octanol–water partition coefficient (Wildman–Crippen LogP) is 1.64. The van der Waals surface area contributed by atoms with Crippen molar-refractivity contribution in [2.45, 2.75) is 25.3 Å². The number of amides is 1. The first-order valence-electron chi connectivity index (χ1n) is 6.14. The molecule has 0 spiro atoms. The lowest BCUT2D eigenvalue weighted by Crippen LogP contribution is -2.35. The van der Waals surface area contributed by atoms with Gasteiger partial charge in [0.2, 0.25) is 0 Å². The van der Waals surface area contributed by atoms with Crippen molar-refractivity contribution in [3.8, 4) is 6.07 Å². The predicted molar refractivity (Wildman–Crippen MR) is 67.5 cm³/mol. The molecule has 0 aromatic heterocycles. The molecule has 0 unspecified atom stereocenters. The Hall–Kier alpha value is -2.35. The van der Waals surface area contributed by atoms with Crippen LogP contribution in [0.4, 0.5) is 0 Å². The molecule has 0 bridgehead atoms. The molecule has 19 heavy (non-hydrogen) atoms. The summed E-state index contributed by atoms with van der Waals surface area (Å²) in [5.74, 6) is -1.06. The number of carbonyl (C=O) groups excluding carboxylic acids is 1. The van der Waals surface area contributed by atoms with Gasteiger partial charge in [-0.2, -0.15) is 5.26 Å². The van der Waals surface area contributed by atoms with Crippen LogP contribution >= 0.6 is 0 Å². The summed E-state index contributed by atoms with van der Waals surface area (Å²) in [6, 6.07) is 8.57. The van der Waals surface area contributed by atoms with Gasteiger partial charge in [-0.1, -0.05) is 0 Å². The van der Waals surface area contributed by atoms with Crippen LogP contribution in [0.3, 0.4) is 0 Å². The number of hydrogen-bond acceptors (Lipinski definition) is 3. The molecule has 1 N–H and O–H groups in total. The third-order valence-corrected chi connectivity index (χ3v) is 3.08. The van der Waals surface area contributed by atoms with E-state index in [-0.39, 0.29) is 24.9 Å². The van der Waals surface area contributed by atoms with Gasteiger partial charge in [0.05, 0.1) is 18.1 Å². The first-order valence-corrected chi connectivity index (χ1v) is 6.14. The summed E-state index contributed by atoms with van der Waals surface area (Å²) in [7, 11) is 0. The lowest BCUT2D eigenvalue weighted by Gasteiger charge is -2.21. The zero-order valence-electron chi connectivity index (χ0n) is 10.4. The Morgan fingerprint density at radius 2 is 1.95 bits per heavy atom. The molecular weight excluding hydrogens is 244 g/mol. The molecule has 0 radical (unpaired) electrons. The van der Waals surface area contributed by atoms with Crippen LogP contribution in [-0.2, 0) is 4.79 Å². The van der Waals surface area contributed by atoms with Gasteiger partial charge >= 0.3 is 5.97 Å². The number of nitriles is 1. The molecule has 1 amide bonds. The van der Waals surface area contributed by atoms with E-state index in [4.69, 9.17) is 10.4 Å². The third-order valence-electron chi connectivity index (χ3n) is 3.08. The van der Waals surface area contributed by atoms with Crippen molar-refractivity contribution < 1.29 is 14.7 Å². The van der Waals surface area contributed by atoms with E-state index in [1.54, 1.807) is 29.2 Å². The Bertz CT molecular complexity index is 527. The highest BCUT2D eigenvalue weighted by molar-refractivity contribution is 5.94. The minimum absolute atomic E-state index is 0.0431. The monoisotopic (exact) mass is 258 g/mol. The highest BCUT2D eigenvalue weighted by atomic mass is 16.4. The fraction of sp³-hybridized carbons (Fsp3) is 0.357. The average molecular weight is 258 g/mol. The highest BCUT2D eigenvalue weighted by Crippen LogP contribution is 2.28. The van der Waals surface area contributed by atoms with Crippen molar-refractivity contribution in [3.63, 3.8) is 0 Å². The van der Waals surface area contributed by atoms with Crippen LogP contribution in [0.15, 0.2) is 24.3 Å². The normalized spacial score (nSPS) is 13.6. The van der Waals surface area contributed by atoms with Crippen LogP contribution < -0.4 is 0 Å². The number of hydrogen-bond donors (Lipinski definition) is 1. The number of nitrogens with zero attached hydrogens (tertiary/aromatic N) is 2. The minimum Gasteiger partial charge on any atom is -0.481 e. The molecule has 1 aliphatic carbocycles. The Morgan fingerprint density at radius 3 is 2.42 bits per heavy atom. The van der Waals surface area contributed by atoms with Gasteiger partial charge < -0.3 is 10.0 Å². The maximum absolute atomic E-state index is 12.3. The van der Waals surface area contributed by atoms with Crippen molar-refractivity contribution in [2.75, 3.05) is 6.54 Å². The van der Waals surface area contributed by atoms with E-state index in [1.165, 1.54) is 0 Å². The van der Waals surface area contributed by atoms with Crippen molar-refractivity contribution in [2.24, 2.45) is 0 Å². The molecule has 0 atom stereocenters. The Labute approximate surface area is 111 Å². The fourth-order valence-electron chi connectivity index (χ4n) is 1.91. The molecule has 2 rings (SSSR count). The quantitative estimate of drug-likeness (QED) is 0.870. The second-order valence-electron chi connectivity index (χ2n) is 4.56. The molecule has 0 saturated heterocycles. The van der Waals surface area contributed by atoms with E-state index in [2.05, 4.69) is 0 Å². The van der Waals surface area contributed by atoms with Gasteiger partial charge in [0.15, 0.2) is 0 Å². The van der Waals surface area contributed by atoms with Gasteiger partial charge in [-0.05, 0) is 37.1 Å². The van der Waals surface area contributed by atoms with E-state index in [0.29, 0.717) is 11.1 Å². The summed E-state index contributed by atoms with van der Waals surface area (Å²) in [5, 5.41) is 17.4. The summed E-state index contributed by atoms with van der Waals surface area (Å²) >= 11 is 0. The molecule has 5 nitrogen and oxygen atoms in total. The van der Waals surface area contributed by atoms with E-state index in [9.17, 15) is 9.59 Å². The molecule has 1 aromatic rings. The summed E-state index contributed by atoms with van der Waals surface area (Å²) in [4.78, 5) is 24.5. The van der Waals surface area contributed by atoms with Crippen LogP contribution in [0.25, 0.3) is 0 Å². The molecule has 0 heterocycles. The first kappa shape index (κ1) is 13.1. The van der Waals surface area contributed by atoms with Gasteiger partial charge in [-0.15, -0.1) is 0 Å². The zero-order valence-corrected chi connectivity index (χ0v) is 10.4. The number of carboxylic acids is 1. The lowest BCUT2D eigenvalue weighted by molar-refractivity contribution is -0.137. The molecule has 1 aliphatic rings. The molecule has 1 fully saturated rings. The SMILES string of the molecule is N#Cc1ccc(C(=O)N(CCC(=O)O)C2CC2)cc1. The first-order chi connectivity index (χ1) is 9.11. The molecule has 0 aliphatic heterocycles. The number of rotatable bonds is 5. The van der Waals surface area contributed by atoms with Crippen molar-refractivity contribution in [1.29, 1.82) is 5.26 Å². The van der Waals surface area contributed by atoms with Gasteiger partial charge in [0.25, 0.3) is 5.91 Å². The van der Waals surface area contributed by atoms with Crippen molar-refractivity contribution in [1.82, 2.24) is 4.90 Å². The summed E-state index contributed by atoms with van der Waals surface area (Å²) in [5.41, 5.74) is 0.997. The number of carbonyl (C=O) groups is 2. The Kier molecular flexibility index (Phi) is 3.81. The van der Waals surface area contributed by atoms with Crippen LogP contribution in [0, 0.1) is 11.3 Å². The standard InChI is InChI=1S/C14H14N2O3/c15-9-10-1-3-11(4-2-10)14(19)16(12-5-6-12)8-7-13(17)18/h1-4,12H,5-8H2,(H,17,18).